The zero-order valence-corrected chi connectivity index (χ0v) is 11.0. The molecule has 0 aliphatic carbocycles. The molecule has 1 fully saturated rings. The molecule has 4 nitrogen and oxygen atoms in total. The van der Waals surface area contributed by atoms with Crippen molar-refractivity contribution in [2.45, 2.75) is 25.8 Å². The van der Waals surface area contributed by atoms with Gasteiger partial charge in [-0.1, -0.05) is 6.08 Å². The lowest BCUT2D eigenvalue weighted by Crippen LogP contribution is -2.43. The Bertz CT molecular complexity index is 327. The number of nitrogens with one attached hydrogen (secondary N) is 1. The average molecular weight is 246 g/mol. The minimum atomic E-state index is -3.02. The molecule has 2 unspecified atom stereocenters. The van der Waals surface area contributed by atoms with E-state index in [9.17, 15) is 8.42 Å². The lowest BCUT2D eigenvalue weighted by atomic mass is 9.99. The Morgan fingerprint density at radius 1 is 1.62 bits per heavy atom. The summed E-state index contributed by atoms with van der Waals surface area (Å²) in [4.78, 5) is 0. The highest BCUT2D eigenvalue weighted by atomic mass is 32.2. The smallest absolute Gasteiger partial charge is 0.211 e. The maximum Gasteiger partial charge on any atom is 0.211 e. The molecule has 0 spiro atoms. The summed E-state index contributed by atoms with van der Waals surface area (Å²) in [6, 6.07) is 0.286. The largest absolute Gasteiger partial charge is 0.310 e. The van der Waals surface area contributed by atoms with Crippen molar-refractivity contribution in [1.29, 1.82) is 0 Å². The minimum absolute atomic E-state index is 0.286. The Morgan fingerprint density at radius 3 is 2.88 bits per heavy atom. The molecule has 1 N–H and O–H groups in total. The number of hydrogen-bond donors (Lipinski definition) is 1. The first-order valence-electron chi connectivity index (χ1n) is 5.74. The highest BCUT2D eigenvalue weighted by Crippen LogP contribution is 2.17. The summed E-state index contributed by atoms with van der Waals surface area (Å²) in [5.74, 6) is 0.422. The number of hydrogen-bond acceptors (Lipinski definition) is 3. The Morgan fingerprint density at radius 2 is 2.31 bits per heavy atom. The first-order chi connectivity index (χ1) is 7.43. The van der Waals surface area contributed by atoms with E-state index in [4.69, 9.17) is 0 Å². The molecular formula is C11H22N2O2S. The van der Waals surface area contributed by atoms with Crippen LogP contribution >= 0.6 is 0 Å². The van der Waals surface area contributed by atoms with E-state index < -0.39 is 10.0 Å². The van der Waals surface area contributed by atoms with E-state index in [-0.39, 0.29) is 6.04 Å². The Labute approximate surface area is 98.8 Å². The maximum absolute atomic E-state index is 11.4. The van der Waals surface area contributed by atoms with Gasteiger partial charge >= 0.3 is 0 Å². The summed E-state index contributed by atoms with van der Waals surface area (Å²) in [5, 5.41) is 3.33. The summed E-state index contributed by atoms with van der Waals surface area (Å²) in [5.41, 5.74) is 0. The van der Waals surface area contributed by atoms with Gasteiger partial charge in [0.1, 0.15) is 0 Å². The van der Waals surface area contributed by atoms with Crippen molar-refractivity contribution in [2.24, 2.45) is 5.92 Å². The summed E-state index contributed by atoms with van der Waals surface area (Å²) in [6.45, 7) is 7.94. The van der Waals surface area contributed by atoms with Crippen LogP contribution in [0, 0.1) is 5.92 Å². The fraction of sp³-hybridized carbons (Fsp3) is 0.818. The molecule has 5 heteroatoms. The van der Waals surface area contributed by atoms with Crippen molar-refractivity contribution in [3.8, 4) is 0 Å². The van der Waals surface area contributed by atoms with Gasteiger partial charge in [-0.05, 0) is 32.2 Å². The standard InChI is InChI=1S/C11H22N2O2S/c1-4-10(2)12-8-11-6-5-7-13(9-11)16(3,14)15/h4,10-12H,1,5-9H2,2-3H3. The topological polar surface area (TPSA) is 49.4 Å². The first-order valence-corrected chi connectivity index (χ1v) is 7.59. The molecule has 2 atom stereocenters. The third-order valence-electron chi connectivity index (χ3n) is 3.03. The molecule has 0 bridgehead atoms. The predicted molar refractivity (Wildman–Crippen MR) is 66.8 cm³/mol. The van der Waals surface area contributed by atoms with Crippen LogP contribution in [0.2, 0.25) is 0 Å². The van der Waals surface area contributed by atoms with Gasteiger partial charge in [0.2, 0.25) is 10.0 Å². The molecular weight excluding hydrogens is 224 g/mol. The molecule has 0 radical (unpaired) electrons. The second-order valence-electron chi connectivity index (χ2n) is 4.56. The predicted octanol–water partition coefficient (Wildman–Crippen LogP) is 0.822. The van der Waals surface area contributed by atoms with Crippen molar-refractivity contribution in [1.82, 2.24) is 9.62 Å². The molecule has 1 heterocycles. The van der Waals surface area contributed by atoms with Crippen LogP contribution in [0.15, 0.2) is 12.7 Å². The van der Waals surface area contributed by atoms with E-state index in [1.807, 2.05) is 13.0 Å². The highest BCUT2D eigenvalue weighted by Gasteiger charge is 2.25. The molecule has 0 amide bonds. The van der Waals surface area contributed by atoms with E-state index >= 15 is 0 Å². The van der Waals surface area contributed by atoms with Crippen molar-refractivity contribution in [2.75, 3.05) is 25.9 Å². The zero-order chi connectivity index (χ0) is 12.2. The van der Waals surface area contributed by atoms with Crippen molar-refractivity contribution < 1.29 is 8.42 Å². The quantitative estimate of drug-likeness (QED) is 0.731. The van der Waals surface area contributed by atoms with Gasteiger partial charge < -0.3 is 5.32 Å². The molecule has 1 aliphatic rings. The summed E-state index contributed by atoms with van der Waals surface area (Å²) >= 11 is 0. The summed E-state index contributed by atoms with van der Waals surface area (Å²) in [6.07, 6.45) is 5.21. The minimum Gasteiger partial charge on any atom is -0.310 e. The van der Waals surface area contributed by atoms with Crippen molar-refractivity contribution in [3.63, 3.8) is 0 Å². The first kappa shape index (κ1) is 13.7. The van der Waals surface area contributed by atoms with Crippen molar-refractivity contribution in [3.05, 3.63) is 12.7 Å². The van der Waals surface area contributed by atoms with E-state index in [1.54, 1.807) is 4.31 Å². The molecule has 0 aromatic rings. The lowest BCUT2D eigenvalue weighted by molar-refractivity contribution is 0.259. The fourth-order valence-corrected chi connectivity index (χ4v) is 2.87. The van der Waals surface area contributed by atoms with Crippen LogP contribution in [0.4, 0.5) is 0 Å². The Balaban J connectivity index is 2.42. The Kier molecular flexibility index (Phi) is 4.95. The van der Waals surface area contributed by atoms with Gasteiger partial charge in [0.25, 0.3) is 0 Å². The normalized spacial score (nSPS) is 25.2. The van der Waals surface area contributed by atoms with Crippen LogP contribution in [0.5, 0.6) is 0 Å². The maximum atomic E-state index is 11.4. The molecule has 1 aliphatic heterocycles. The summed E-state index contributed by atoms with van der Waals surface area (Å²) in [7, 11) is -3.02. The number of rotatable bonds is 5. The lowest BCUT2D eigenvalue weighted by Gasteiger charge is -2.31. The number of piperidine rings is 1. The molecule has 0 aromatic carbocycles. The van der Waals surface area contributed by atoms with E-state index in [2.05, 4.69) is 11.9 Å². The second-order valence-corrected chi connectivity index (χ2v) is 6.54. The average Bonchev–Trinajstić information content (AvgIpc) is 2.25. The highest BCUT2D eigenvalue weighted by molar-refractivity contribution is 7.88. The molecule has 0 aromatic heterocycles. The van der Waals surface area contributed by atoms with Crippen molar-refractivity contribution >= 4 is 10.0 Å². The number of nitrogens with zero attached hydrogens (tertiary/aromatic N) is 1. The van der Waals surface area contributed by atoms with Crippen LogP contribution in [-0.2, 0) is 10.0 Å². The van der Waals surface area contributed by atoms with Gasteiger partial charge in [0, 0.05) is 19.1 Å². The van der Waals surface area contributed by atoms with Gasteiger partial charge in [0.05, 0.1) is 6.26 Å². The van der Waals surface area contributed by atoms with Crippen LogP contribution in [0.1, 0.15) is 19.8 Å². The van der Waals surface area contributed by atoms with Crippen LogP contribution < -0.4 is 5.32 Å². The van der Waals surface area contributed by atoms with Crippen LogP contribution in [0.25, 0.3) is 0 Å². The van der Waals surface area contributed by atoms with Gasteiger partial charge in [-0.3, -0.25) is 0 Å². The van der Waals surface area contributed by atoms with Gasteiger partial charge in [-0.15, -0.1) is 6.58 Å². The second kappa shape index (κ2) is 5.80. The van der Waals surface area contributed by atoms with Gasteiger partial charge in [-0.2, -0.15) is 0 Å². The fourth-order valence-electron chi connectivity index (χ4n) is 1.93. The van der Waals surface area contributed by atoms with Gasteiger partial charge in [0.15, 0.2) is 0 Å². The van der Waals surface area contributed by atoms with E-state index in [1.165, 1.54) is 6.26 Å². The van der Waals surface area contributed by atoms with E-state index in [0.717, 1.165) is 19.4 Å². The molecule has 0 saturated carbocycles. The third-order valence-corrected chi connectivity index (χ3v) is 4.30. The monoisotopic (exact) mass is 246 g/mol. The summed E-state index contributed by atoms with van der Waals surface area (Å²) < 4.78 is 24.4. The van der Waals surface area contributed by atoms with Gasteiger partial charge in [-0.25, -0.2) is 12.7 Å². The molecule has 1 rings (SSSR count). The number of sulfonamides is 1. The molecule has 1 saturated heterocycles. The van der Waals surface area contributed by atoms with Crippen LogP contribution in [0.3, 0.4) is 0 Å². The van der Waals surface area contributed by atoms with Crippen LogP contribution in [-0.4, -0.2) is 44.7 Å². The van der Waals surface area contributed by atoms with E-state index in [0.29, 0.717) is 19.0 Å². The Hall–Kier alpha value is -0.390. The third kappa shape index (κ3) is 4.23. The molecule has 94 valence electrons. The SMILES string of the molecule is C=CC(C)NCC1CCCN(S(C)(=O)=O)C1. The molecule has 16 heavy (non-hydrogen) atoms. The zero-order valence-electron chi connectivity index (χ0n) is 10.1.